The van der Waals surface area contributed by atoms with Crippen LogP contribution in [0.1, 0.15) is 18.4 Å². The lowest BCUT2D eigenvalue weighted by atomic mass is 10.1. The van der Waals surface area contributed by atoms with Gasteiger partial charge in [0.05, 0.1) is 6.61 Å². The highest BCUT2D eigenvalue weighted by Gasteiger charge is 2.25. The second-order valence-corrected chi connectivity index (χ2v) is 5.38. The van der Waals surface area contributed by atoms with Crippen molar-refractivity contribution in [3.05, 3.63) is 29.8 Å². The standard InChI is InChI=1S/C16H23NO3/c1-13-3-5-15(6-4-13)20-10-8-14-7-9-17(11-14)16(18)12-19-2/h3-6,14H,7-12H2,1-2H3. The number of aryl methyl sites for hydroxylation is 1. The van der Waals surface area contributed by atoms with E-state index in [0.29, 0.717) is 12.5 Å². The Bertz CT molecular complexity index is 430. The van der Waals surface area contributed by atoms with E-state index in [-0.39, 0.29) is 12.5 Å². The molecule has 1 aliphatic heterocycles. The Balaban J connectivity index is 1.68. The van der Waals surface area contributed by atoms with Crippen LogP contribution in [0.3, 0.4) is 0 Å². The summed E-state index contributed by atoms with van der Waals surface area (Å²) in [6.45, 7) is 4.64. The topological polar surface area (TPSA) is 38.8 Å². The molecule has 1 fully saturated rings. The third kappa shape index (κ3) is 4.23. The van der Waals surface area contributed by atoms with E-state index in [1.165, 1.54) is 5.56 Å². The second kappa shape index (κ2) is 7.29. The Hall–Kier alpha value is -1.55. The van der Waals surface area contributed by atoms with Gasteiger partial charge in [0.15, 0.2) is 0 Å². The van der Waals surface area contributed by atoms with E-state index in [1.54, 1.807) is 7.11 Å². The maximum absolute atomic E-state index is 11.7. The molecule has 4 heteroatoms. The maximum Gasteiger partial charge on any atom is 0.248 e. The number of carbonyl (C=O) groups is 1. The molecule has 20 heavy (non-hydrogen) atoms. The van der Waals surface area contributed by atoms with Crippen molar-refractivity contribution >= 4 is 5.91 Å². The van der Waals surface area contributed by atoms with E-state index in [2.05, 4.69) is 19.1 Å². The fourth-order valence-corrected chi connectivity index (χ4v) is 2.49. The van der Waals surface area contributed by atoms with E-state index in [4.69, 9.17) is 9.47 Å². The van der Waals surface area contributed by atoms with Crippen LogP contribution in [0.15, 0.2) is 24.3 Å². The van der Waals surface area contributed by atoms with Crippen LogP contribution < -0.4 is 4.74 Å². The van der Waals surface area contributed by atoms with Crippen LogP contribution in [0.4, 0.5) is 0 Å². The fourth-order valence-electron chi connectivity index (χ4n) is 2.49. The SMILES string of the molecule is COCC(=O)N1CCC(CCOc2ccc(C)cc2)C1. The van der Waals surface area contributed by atoms with Crippen molar-refractivity contribution in [2.45, 2.75) is 19.8 Å². The minimum atomic E-state index is 0.0921. The maximum atomic E-state index is 11.7. The number of amides is 1. The van der Waals surface area contributed by atoms with E-state index in [1.807, 2.05) is 17.0 Å². The van der Waals surface area contributed by atoms with Crippen LogP contribution in [0.5, 0.6) is 5.75 Å². The summed E-state index contributed by atoms with van der Waals surface area (Å²) >= 11 is 0. The average Bonchev–Trinajstić information content (AvgIpc) is 2.90. The number of rotatable bonds is 6. The Labute approximate surface area is 120 Å². The van der Waals surface area contributed by atoms with Gasteiger partial charge in [-0.05, 0) is 37.8 Å². The molecule has 0 radical (unpaired) electrons. The Morgan fingerprint density at radius 1 is 1.35 bits per heavy atom. The van der Waals surface area contributed by atoms with Crippen LogP contribution in [-0.4, -0.2) is 44.2 Å². The molecule has 1 heterocycles. The largest absolute Gasteiger partial charge is 0.494 e. The molecule has 4 nitrogen and oxygen atoms in total. The molecule has 0 aliphatic carbocycles. The number of carbonyl (C=O) groups excluding carboxylic acids is 1. The van der Waals surface area contributed by atoms with Crippen LogP contribution in [-0.2, 0) is 9.53 Å². The van der Waals surface area contributed by atoms with Gasteiger partial charge in [-0.15, -0.1) is 0 Å². The number of hydrogen-bond donors (Lipinski definition) is 0. The van der Waals surface area contributed by atoms with E-state index < -0.39 is 0 Å². The van der Waals surface area contributed by atoms with Gasteiger partial charge in [-0.25, -0.2) is 0 Å². The first kappa shape index (κ1) is 14.9. The molecule has 0 spiro atoms. The highest BCUT2D eigenvalue weighted by molar-refractivity contribution is 5.77. The van der Waals surface area contributed by atoms with Gasteiger partial charge in [0.2, 0.25) is 5.91 Å². The van der Waals surface area contributed by atoms with Crippen molar-refractivity contribution in [1.82, 2.24) is 4.90 Å². The molecule has 1 amide bonds. The number of hydrogen-bond acceptors (Lipinski definition) is 3. The first-order valence-electron chi connectivity index (χ1n) is 7.15. The van der Waals surface area contributed by atoms with Crippen molar-refractivity contribution in [3.63, 3.8) is 0 Å². The smallest absolute Gasteiger partial charge is 0.248 e. The van der Waals surface area contributed by atoms with E-state index in [9.17, 15) is 4.79 Å². The summed E-state index contributed by atoms with van der Waals surface area (Å²) in [5.74, 6) is 1.55. The molecule has 1 aromatic carbocycles. The first-order chi connectivity index (χ1) is 9.69. The molecule has 2 rings (SSSR count). The van der Waals surface area contributed by atoms with Crippen LogP contribution in [0.2, 0.25) is 0 Å². The van der Waals surface area contributed by atoms with Crippen molar-refractivity contribution < 1.29 is 14.3 Å². The van der Waals surface area contributed by atoms with E-state index in [0.717, 1.165) is 31.7 Å². The van der Waals surface area contributed by atoms with Crippen LogP contribution in [0.25, 0.3) is 0 Å². The molecule has 1 atom stereocenters. The summed E-state index contributed by atoms with van der Waals surface area (Å²) in [6.07, 6.45) is 2.05. The minimum Gasteiger partial charge on any atom is -0.494 e. The summed E-state index contributed by atoms with van der Waals surface area (Å²) in [5, 5.41) is 0. The number of nitrogens with zero attached hydrogens (tertiary/aromatic N) is 1. The number of ether oxygens (including phenoxy) is 2. The number of benzene rings is 1. The molecule has 1 unspecified atom stereocenters. The highest BCUT2D eigenvalue weighted by atomic mass is 16.5. The molecule has 0 aromatic heterocycles. The van der Waals surface area contributed by atoms with Crippen LogP contribution >= 0.6 is 0 Å². The lowest BCUT2D eigenvalue weighted by Gasteiger charge is -2.16. The average molecular weight is 277 g/mol. The van der Waals surface area contributed by atoms with Gasteiger partial charge in [-0.2, -0.15) is 0 Å². The summed E-state index contributed by atoms with van der Waals surface area (Å²) in [5.41, 5.74) is 1.24. The van der Waals surface area contributed by atoms with Gasteiger partial charge in [0, 0.05) is 20.2 Å². The van der Waals surface area contributed by atoms with Crippen molar-refractivity contribution in [1.29, 1.82) is 0 Å². The normalized spacial score (nSPS) is 18.3. The first-order valence-corrected chi connectivity index (χ1v) is 7.15. The van der Waals surface area contributed by atoms with Gasteiger partial charge in [-0.3, -0.25) is 4.79 Å². The highest BCUT2D eigenvalue weighted by Crippen LogP contribution is 2.20. The zero-order valence-electron chi connectivity index (χ0n) is 12.3. The molecule has 0 N–H and O–H groups in total. The van der Waals surface area contributed by atoms with Crippen molar-refractivity contribution in [2.75, 3.05) is 33.4 Å². The quantitative estimate of drug-likeness (QED) is 0.800. The van der Waals surface area contributed by atoms with Gasteiger partial charge < -0.3 is 14.4 Å². The van der Waals surface area contributed by atoms with Crippen molar-refractivity contribution in [2.24, 2.45) is 5.92 Å². The monoisotopic (exact) mass is 277 g/mol. The van der Waals surface area contributed by atoms with Gasteiger partial charge in [-0.1, -0.05) is 17.7 Å². The molecule has 1 aliphatic rings. The Morgan fingerprint density at radius 2 is 2.10 bits per heavy atom. The molecule has 0 bridgehead atoms. The molecule has 1 aromatic rings. The second-order valence-electron chi connectivity index (χ2n) is 5.38. The molecule has 1 saturated heterocycles. The lowest BCUT2D eigenvalue weighted by molar-refractivity contribution is -0.134. The lowest BCUT2D eigenvalue weighted by Crippen LogP contribution is -2.31. The minimum absolute atomic E-state index is 0.0921. The zero-order valence-corrected chi connectivity index (χ0v) is 12.3. The Kier molecular flexibility index (Phi) is 5.41. The van der Waals surface area contributed by atoms with Gasteiger partial charge in [0.1, 0.15) is 12.4 Å². The molecule has 110 valence electrons. The predicted molar refractivity (Wildman–Crippen MR) is 77.9 cm³/mol. The summed E-state index contributed by atoms with van der Waals surface area (Å²) < 4.78 is 10.6. The zero-order chi connectivity index (χ0) is 14.4. The molecular weight excluding hydrogens is 254 g/mol. The Morgan fingerprint density at radius 3 is 2.80 bits per heavy atom. The number of likely N-dealkylation sites (tertiary alicyclic amines) is 1. The third-order valence-corrected chi connectivity index (χ3v) is 3.72. The molecule has 0 saturated carbocycles. The summed E-state index contributed by atoms with van der Waals surface area (Å²) in [6, 6.07) is 8.10. The molecular formula is C16H23NO3. The van der Waals surface area contributed by atoms with Crippen molar-refractivity contribution in [3.8, 4) is 5.75 Å². The fraction of sp³-hybridized carbons (Fsp3) is 0.562. The van der Waals surface area contributed by atoms with Gasteiger partial charge in [0.25, 0.3) is 0 Å². The van der Waals surface area contributed by atoms with Crippen LogP contribution in [0, 0.1) is 12.8 Å². The summed E-state index contributed by atoms with van der Waals surface area (Å²) in [4.78, 5) is 13.6. The van der Waals surface area contributed by atoms with E-state index >= 15 is 0 Å². The predicted octanol–water partition coefficient (Wildman–Crippen LogP) is 2.26. The third-order valence-electron chi connectivity index (χ3n) is 3.72. The number of methoxy groups -OCH3 is 1. The van der Waals surface area contributed by atoms with Gasteiger partial charge >= 0.3 is 0 Å². The summed E-state index contributed by atoms with van der Waals surface area (Å²) in [7, 11) is 1.56.